The third-order valence-electron chi connectivity index (χ3n) is 3.68. The Morgan fingerprint density at radius 3 is 2.94 bits per heavy atom. The summed E-state index contributed by atoms with van der Waals surface area (Å²) in [5.74, 6) is 1.64. The van der Waals surface area contributed by atoms with E-state index in [1.807, 2.05) is 12.1 Å². The molecule has 1 atom stereocenters. The van der Waals surface area contributed by atoms with E-state index in [9.17, 15) is 5.11 Å². The molecule has 4 nitrogen and oxygen atoms in total. The summed E-state index contributed by atoms with van der Waals surface area (Å²) in [4.78, 5) is 0. The Labute approximate surface area is 101 Å². The van der Waals surface area contributed by atoms with Crippen molar-refractivity contribution in [1.82, 2.24) is 5.32 Å². The summed E-state index contributed by atoms with van der Waals surface area (Å²) in [6, 6.07) is 6.03. The molecule has 1 fully saturated rings. The first-order chi connectivity index (χ1) is 8.31. The topological polar surface area (TPSA) is 50.7 Å². The third kappa shape index (κ3) is 1.98. The summed E-state index contributed by atoms with van der Waals surface area (Å²) in [5, 5.41) is 12.9. The second kappa shape index (κ2) is 4.20. The van der Waals surface area contributed by atoms with Crippen molar-refractivity contribution in [2.75, 3.05) is 26.5 Å². The Hall–Kier alpha value is -1.26. The highest BCUT2D eigenvalue weighted by Crippen LogP contribution is 2.36. The lowest BCUT2D eigenvalue weighted by Crippen LogP contribution is -2.30. The summed E-state index contributed by atoms with van der Waals surface area (Å²) >= 11 is 0. The normalized spacial score (nSPS) is 26.4. The molecule has 0 spiro atoms. The van der Waals surface area contributed by atoms with Crippen LogP contribution in [0.1, 0.15) is 12.0 Å². The molecule has 0 bridgehead atoms. The van der Waals surface area contributed by atoms with Crippen LogP contribution >= 0.6 is 0 Å². The summed E-state index contributed by atoms with van der Waals surface area (Å²) < 4.78 is 10.7. The Balaban J connectivity index is 1.80. The van der Waals surface area contributed by atoms with Crippen LogP contribution in [0.5, 0.6) is 11.5 Å². The SMILES string of the molecule is OCC1(Cc2ccc3c(c2)OCO3)CCNC1. The lowest BCUT2D eigenvalue weighted by atomic mass is 9.81. The highest BCUT2D eigenvalue weighted by Gasteiger charge is 2.33. The second-order valence-electron chi connectivity index (χ2n) is 4.95. The van der Waals surface area contributed by atoms with Crippen LogP contribution in [0.4, 0.5) is 0 Å². The van der Waals surface area contributed by atoms with Gasteiger partial charge in [-0.3, -0.25) is 0 Å². The van der Waals surface area contributed by atoms with Crippen LogP contribution in [0.2, 0.25) is 0 Å². The van der Waals surface area contributed by atoms with Gasteiger partial charge in [-0.1, -0.05) is 6.07 Å². The van der Waals surface area contributed by atoms with Gasteiger partial charge in [0.1, 0.15) is 0 Å². The van der Waals surface area contributed by atoms with Crippen LogP contribution < -0.4 is 14.8 Å². The molecular formula is C13H17NO3. The van der Waals surface area contributed by atoms with Gasteiger partial charge < -0.3 is 19.9 Å². The molecule has 92 valence electrons. The van der Waals surface area contributed by atoms with Crippen LogP contribution in [-0.4, -0.2) is 31.6 Å². The van der Waals surface area contributed by atoms with Gasteiger partial charge in [0, 0.05) is 12.0 Å². The van der Waals surface area contributed by atoms with E-state index in [-0.39, 0.29) is 12.0 Å². The molecule has 2 aliphatic rings. The standard InChI is InChI=1S/C13H17NO3/c15-8-13(3-4-14-7-13)6-10-1-2-11-12(5-10)17-9-16-11/h1-2,5,14-15H,3-4,6-9H2. The Bertz CT molecular complexity index is 413. The van der Waals surface area contributed by atoms with E-state index in [1.165, 1.54) is 5.56 Å². The minimum atomic E-state index is -0.00625. The zero-order chi connectivity index (χ0) is 11.7. The number of hydrogen-bond acceptors (Lipinski definition) is 4. The lowest BCUT2D eigenvalue weighted by molar-refractivity contribution is 0.142. The van der Waals surface area contributed by atoms with Crippen LogP contribution in [0.25, 0.3) is 0 Å². The molecule has 2 aliphatic heterocycles. The van der Waals surface area contributed by atoms with E-state index in [0.717, 1.165) is 37.4 Å². The highest BCUT2D eigenvalue weighted by molar-refractivity contribution is 5.44. The van der Waals surface area contributed by atoms with Crippen LogP contribution in [0.15, 0.2) is 18.2 Å². The fraction of sp³-hybridized carbons (Fsp3) is 0.538. The minimum absolute atomic E-state index is 0.00625. The van der Waals surface area contributed by atoms with E-state index in [2.05, 4.69) is 11.4 Å². The number of hydrogen-bond donors (Lipinski definition) is 2. The van der Waals surface area contributed by atoms with Crippen molar-refractivity contribution in [2.24, 2.45) is 5.41 Å². The molecule has 2 N–H and O–H groups in total. The number of rotatable bonds is 3. The quantitative estimate of drug-likeness (QED) is 0.818. The minimum Gasteiger partial charge on any atom is -0.454 e. The van der Waals surface area contributed by atoms with Crippen molar-refractivity contribution in [3.63, 3.8) is 0 Å². The van der Waals surface area contributed by atoms with Gasteiger partial charge >= 0.3 is 0 Å². The molecule has 0 aromatic heterocycles. The van der Waals surface area contributed by atoms with E-state index in [0.29, 0.717) is 6.79 Å². The van der Waals surface area contributed by atoms with Crippen molar-refractivity contribution in [1.29, 1.82) is 0 Å². The number of nitrogens with one attached hydrogen (secondary N) is 1. The third-order valence-corrected chi connectivity index (χ3v) is 3.68. The summed E-state index contributed by atoms with van der Waals surface area (Å²) in [6.45, 7) is 2.42. The molecule has 0 radical (unpaired) electrons. The average molecular weight is 235 g/mol. The fourth-order valence-corrected chi connectivity index (χ4v) is 2.62. The predicted molar refractivity (Wildman–Crippen MR) is 63.3 cm³/mol. The van der Waals surface area contributed by atoms with Gasteiger partial charge in [0.15, 0.2) is 11.5 Å². The van der Waals surface area contributed by atoms with Crippen LogP contribution in [-0.2, 0) is 6.42 Å². The molecule has 1 unspecified atom stereocenters. The summed E-state index contributed by atoms with van der Waals surface area (Å²) in [7, 11) is 0. The van der Waals surface area contributed by atoms with Gasteiger partial charge in [0.25, 0.3) is 0 Å². The Morgan fingerprint density at radius 1 is 1.29 bits per heavy atom. The molecule has 1 saturated heterocycles. The molecule has 3 rings (SSSR count). The van der Waals surface area contributed by atoms with Gasteiger partial charge in [0.2, 0.25) is 6.79 Å². The molecule has 1 aromatic carbocycles. The number of aliphatic hydroxyl groups is 1. The van der Waals surface area contributed by atoms with Crippen molar-refractivity contribution >= 4 is 0 Å². The molecule has 4 heteroatoms. The average Bonchev–Trinajstić information content (AvgIpc) is 2.97. The van der Waals surface area contributed by atoms with Crippen molar-refractivity contribution in [2.45, 2.75) is 12.8 Å². The maximum atomic E-state index is 9.58. The smallest absolute Gasteiger partial charge is 0.231 e. The number of ether oxygens (including phenoxy) is 2. The van der Waals surface area contributed by atoms with Gasteiger partial charge in [-0.2, -0.15) is 0 Å². The van der Waals surface area contributed by atoms with E-state index in [1.54, 1.807) is 0 Å². The number of aliphatic hydroxyl groups excluding tert-OH is 1. The Kier molecular flexibility index (Phi) is 2.68. The predicted octanol–water partition coefficient (Wildman–Crippen LogP) is 0.930. The lowest BCUT2D eigenvalue weighted by Gasteiger charge is -2.25. The van der Waals surface area contributed by atoms with E-state index in [4.69, 9.17) is 9.47 Å². The Morgan fingerprint density at radius 2 is 2.18 bits per heavy atom. The number of fused-ring (bicyclic) bond motifs is 1. The molecule has 2 heterocycles. The van der Waals surface area contributed by atoms with Gasteiger partial charge in [-0.05, 0) is 37.1 Å². The first-order valence-corrected chi connectivity index (χ1v) is 6.01. The summed E-state index contributed by atoms with van der Waals surface area (Å²) in [6.07, 6.45) is 1.91. The zero-order valence-electron chi connectivity index (χ0n) is 9.74. The van der Waals surface area contributed by atoms with Crippen molar-refractivity contribution < 1.29 is 14.6 Å². The molecule has 0 aliphatic carbocycles. The zero-order valence-corrected chi connectivity index (χ0v) is 9.74. The monoisotopic (exact) mass is 235 g/mol. The van der Waals surface area contributed by atoms with E-state index >= 15 is 0 Å². The molecule has 0 saturated carbocycles. The van der Waals surface area contributed by atoms with Crippen LogP contribution in [0, 0.1) is 5.41 Å². The fourth-order valence-electron chi connectivity index (χ4n) is 2.62. The number of benzene rings is 1. The van der Waals surface area contributed by atoms with Crippen molar-refractivity contribution in [3.05, 3.63) is 23.8 Å². The van der Waals surface area contributed by atoms with Gasteiger partial charge in [-0.15, -0.1) is 0 Å². The highest BCUT2D eigenvalue weighted by atomic mass is 16.7. The second-order valence-corrected chi connectivity index (χ2v) is 4.95. The van der Waals surface area contributed by atoms with Crippen LogP contribution in [0.3, 0.4) is 0 Å². The van der Waals surface area contributed by atoms with Crippen molar-refractivity contribution in [3.8, 4) is 11.5 Å². The van der Waals surface area contributed by atoms with Gasteiger partial charge in [-0.25, -0.2) is 0 Å². The molecule has 1 aromatic rings. The maximum absolute atomic E-state index is 9.58. The first-order valence-electron chi connectivity index (χ1n) is 6.01. The maximum Gasteiger partial charge on any atom is 0.231 e. The molecular weight excluding hydrogens is 218 g/mol. The molecule has 17 heavy (non-hydrogen) atoms. The van der Waals surface area contributed by atoms with Gasteiger partial charge in [0.05, 0.1) is 6.61 Å². The van der Waals surface area contributed by atoms with E-state index < -0.39 is 0 Å². The largest absolute Gasteiger partial charge is 0.454 e. The molecule has 0 amide bonds. The summed E-state index contributed by atoms with van der Waals surface area (Å²) in [5.41, 5.74) is 1.19. The first kappa shape index (κ1) is 10.9.